The Balaban J connectivity index is 1.64. The average Bonchev–Trinajstić information content (AvgIpc) is 3.30. The van der Waals surface area contributed by atoms with Crippen molar-refractivity contribution in [2.24, 2.45) is 11.3 Å². The van der Waals surface area contributed by atoms with Gasteiger partial charge in [-0.2, -0.15) is 0 Å². The van der Waals surface area contributed by atoms with Crippen LogP contribution in [0.5, 0.6) is 0 Å². The van der Waals surface area contributed by atoms with Crippen molar-refractivity contribution >= 4 is 29.1 Å². The SMILES string of the molecule is CN(C)C(=O)CC1CN(C(=O)C23CC2C3)c2ccc(Cl)cc21. The fourth-order valence-corrected chi connectivity index (χ4v) is 3.78. The lowest BCUT2D eigenvalue weighted by Crippen LogP contribution is -2.34. The van der Waals surface area contributed by atoms with E-state index in [0.29, 0.717) is 23.9 Å². The third-order valence-corrected chi connectivity index (χ3v) is 5.63. The maximum Gasteiger partial charge on any atom is 0.233 e. The molecule has 0 bridgehead atoms. The molecule has 3 aliphatic rings. The molecule has 2 amide bonds. The maximum atomic E-state index is 12.8. The van der Waals surface area contributed by atoms with Gasteiger partial charge in [-0.05, 0) is 42.5 Å². The van der Waals surface area contributed by atoms with Crippen LogP contribution in [-0.4, -0.2) is 37.4 Å². The topological polar surface area (TPSA) is 40.6 Å². The molecule has 2 saturated carbocycles. The van der Waals surface area contributed by atoms with Crippen LogP contribution in [-0.2, 0) is 9.59 Å². The van der Waals surface area contributed by atoms with Crippen molar-refractivity contribution < 1.29 is 9.59 Å². The number of fused-ring (bicyclic) bond motifs is 2. The first-order valence-corrected chi connectivity index (χ1v) is 8.12. The number of carbonyl (C=O) groups excluding carboxylic acids is 2. The number of hydrogen-bond acceptors (Lipinski definition) is 2. The van der Waals surface area contributed by atoms with Gasteiger partial charge in [0.15, 0.2) is 0 Å². The summed E-state index contributed by atoms with van der Waals surface area (Å²) in [6.45, 7) is 0.600. The largest absolute Gasteiger partial charge is 0.349 e. The molecular formula is C17H19ClN2O2. The lowest BCUT2D eigenvalue weighted by atomic mass is 9.97. The molecule has 116 valence electrons. The highest BCUT2D eigenvalue weighted by molar-refractivity contribution is 6.30. The summed E-state index contributed by atoms with van der Waals surface area (Å²) in [4.78, 5) is 28.4. The highest BCUT2D eigenvalue weighted by Crippen LogP contribution is 2.76. The van der Waals surface area contributed by atoms with E-state index < -0.39 is 0 Å². The van der Waals surface area contributed by atoms with Gasteiger partial charge in [-0.25, -0.2) is 0 Å². The Kier molecular flexibility index (Phi) is 2.86. The van der Waals surface area contributed by atoms with Crippen LogP contribution in [0.4, 0.5) is 5.69 Å². The summed E-state index contributed by atoms with van der Waals surface area (Å²) >= 11 is 6.13. The van der Waals surface area contributed by atoms with Crippen LogP contribution in [0.2, 0.25) is 5.02 Å². The van der Waals surface area contributed by atoms with Crippen molar-refractivity contribution in [2.45, 2.75) is 25.2 Å². The Morgan fingerprint density at radius 2 is 2.05 bits per heavy atom. The van der Waals surface area contributed by atoms with Crippen LogP contribution in [0.3, 0.4) is 0 Å². The summed E-state index contributed by atoms with van der Waals surface area (Å²) in [7, 11) is 3.52. The van der Waals surface area contributed by atoms with Crippen LogP contribution in [0.1, 0.15) is 30.7 Å². The average molecular weight is 319 g/mol. The molecule has 5 heteroatoms. The van der Waals surface area contributed by atoms with Crippen molar-refractivity contribution in [1.29, 1.82) is 0 Å². The number of amides is 2. The third-order valence-electron chi connectivity index (χ3n) is 5.40. The Morgan fingerprint density at radius 3 is 2.64 bits per heavy atom. The van der Waals surface area contributed by atoms with Crippen LogP contribution in [0.25, 0.3) is 0 Å². The Labute approximate surface area is 135 Å². The molecule has 1 aromatic rings. The molecule has 0 radical (unpaired) electrons. The second-order valence-electron chi connectivity index (χ2n) is 7.07. The number of benzene rings is 1. The molecule has 0 N–H and O–H groups in total. The molecule has 1 heterocycles. The fraction of sp³-hybridized carbons (Fsp3) is 0.529. The van der Waals surface area contributed by atoms with Gasteiger partial charge < -0.3 is 9.80 Å². The van der Waals surface area contributed by atoms with Gasteiger partial charge in [0.05, 0.1) is 5.41 Å². The second-order valence-corrected chi connectivity index (χ2v) is 7.51. The summed E-state index contributed by atoms with van der Waals surface area (Å²) in [5, 5.41) is 0.657. The van der Waals surface area contributed by atoms with Crippen molar-refractivity contribution in [3.05, 3.63) is 28.8 Å². The highest BCUT2D eigenvalue weighted by Gasteiger charge is 2.75. The predicted octanol–water partition coefficient (Wildman–Crippen LogP) is 2.66. The second kappa shape index (κ2) is 4.48. The predicted molar refractivity (Wildman–Crippen MR) is 85.0 cm³/mol. The van der Waals surface area contributed by atoms with Crippen LogP contribution >= 0.6 is 11.6 Å². The quantitative estimate of drug-likeness (QED) is 0.859. The van der Waals surface area contributed by atoms with Gasteiger partial charge in [0.1, 0.15) is 0 Å². The normalized spacial score (nSPS) is 30.6. The van der Waals surface area contributed by atoms with Gasteiger partial charge in [0.2, 0.25) is 11.8 Å². The minimum absolute atomic E-state index is 0.0416. The van der Waals surface area contributed by atoms with Gasteiger partial charge in [-0.1, -0.05) is 11.6 Å². The molecule has 2 fully saturated rings. The Morgan fingerprint density at radius 1 is 1.36 bits per heavy atom. The van der Waals surface area contributed by atoms with Gasteiger partial charge in [-0.3, -0.25) is 9.59 Å². The number of nitrogens with zero attached hydrogens (tertiary/aromatic N) is 2. The van der Waals surface area contributed by atoms with Crippen LogP contribution < -0.4 is 4.90 Å². The number of rotatable bonds is 3. The molecule has 1 unspecified atom stereocenters. The van der Waals surface area contributed by atoms with Gasteiger partial charge in [0, 0.05) is 43.7 Å². The highest BCUT2D eigenvalue weighted by atomic mass is 35.5. The molecule has 2 aliphatic carbocycles. The summed E-state index contributed by atoms with van der Waals surface area (Å²) in [6.07, 6.45) is 2.51. The minimum Gasteiger partial charge on any atom is -0.349 e. The van der Waals surface area contributed by atoms with E-state index in [1.807, 2.05) is 23.1 Å². The minimum atomic E-state index is -0.0443. The van der Waals surface area contributed by atoms with Gasteiger partial charge >= 0.3 is 0 Å². The molecule has 1 aliphatic heterocycles. The molecule has 0 aromatic heterocycles. The molecule has 1 aromatic carbocycles. The Hall–Kier alpha value is -1.55. The first kappa shape index (κ1) is 14.1. The zero-order valence-electron chi connectivity index (χ0n) is 12.8. The van der Waals surface area contributed by atoms with E-state index in [1.165, 1.54) is 0 Å². The number of carbonyl (C=O) groups is 2. The van der Waals surface area contributed by atoms with Crippen LogP contribution in [0, 0.1) is 11.3 Å². The van der Waals surface area contributed by atoms with Crippen molar-refractivity contribution in [2.75, 3.05) is 25.5 Å². The molecule has 0 spiro atoms. The molecule has 22 heavy (non-hydrogen) atoms. The van der Waals surface area contributed by atoms with E-state index in [0.717, 1.165) is 24.1 Å². The number of anilines is 1. The number of hydrogen-bond donors (Lipinski definition) is 0. The lowest BCUT2D eigenvalue weighted by Gasteiger charge is -2.20. The van der Waals surface area contributed by atoms with E-state index in [9.17, 15) is 9.59 Å². The van der Waals surface area contributed by atoms with Gasteiger partial charge in [-0.15, -0.1) is 0 Å². The number of halogens is 1. The van der Waals surface area contributed by atoms with Crippen LogP contribution in [0.15, 0.2) is 18.2 Å². The first-order chi connectivity index (χ1) is 10.4. The maximum absolute atomic E-state index is 12.8. The summed E-state index contributed by atoms with van der Waals surface area (Å²) < 4.78 is 0. The summed E-state index contributed by atoms with van der Waals surface area (Å²) in [5.74, 6) is 0.998. The standard InChI is InChI=1S/C17H19ClN2O2/c1-19(2)15(21)5-10-9-20(16(22)17-7-11(17)8-17)14-4-3-12(18)6-13(10)14/h3-4,6,10-11H,5,7-9H2,1-2H3. The molecule has 1 atom stereocenters. The summed E-state index contributed by atoms with van der Waals surface area (Å²) in [6, 6.07) is 5.66. The van der Waals surface area contributed by atoms with Crippen molar-refractivity contribution in [3.63, 3.8) is 0 Å². The van der Waals surface area contributed by atoms with E-state index in [-0.39, 0.29) is 23.1 Å². The smallest absolute Gasteiger partial charge is 0.233 e. The summed E-state index contributed by atoms with van der Waals surface area (Å²) in [5.41, 5.74) is 1.93. The van der Waals surface area contributed by atoms with E-state index in [4.69, 9.17) is 11.6 Å². The zero-order chi connectivity index (χ0) is 15.6. The van der Waals surface area contributed by atoms with Gasteiger partial charge in [0.25, 0.3) is 0 Å². The molecule has 4 nitrogen and oxygen atoms in total. The Bertz CT molecular complexity index is 679. The van der Waals surface area contributed by atoms with E-state index in [2.05, 4.69) is 0 Å². The van der Waals surface area contributed by atoms with Crippen molar-refractivity contribution in [1.82, 2.24) is 4.90 Å². The van der Waals surface area contributed by atoms with E-state index >= 15 is 0 Å². The molecular weight excluding hydrogens is 300 g/mol. The van der Waals surface area contributed by atoms with Crippen molar-refractivity contribution in [3.8, 4) is 0 Å². The first-order valence-electron chi connectivity index (χ1n) is 7.74. The third kappa shape index (κ3) is 1.97. The molecule has 0 saturated heterocycles. The van der Waals surface area contributed by atoms with E-state index in [1.54, 1.807) is 19.0 Å². The zero-order valence-corrected chi connectivity index (χ0v) is 13.6. The fourth-order valence-electron chi connectivity index (χ4n) is 3.60. The molecule has 4 rings (SSSR count). The lowest BCUT2D eigenvalue weighted by molar-refractivity contribution is -0.129. The monoisotopic (exact) mass is 318 g/mol.